The number of aryl methyl sites for hydroxylation is 1. The van der Waals surface area contributed by atoms with Crippen molar-refractivity contribution >= 4 is 5.69 Å². The lowest BCUT2D eigenvalue weighted by molar-refractivity contribution is 0.360. The van der Waals surface area contributed by atoms with Gasteiger partial charge in [-0.3, -0.25) is 0 Å². The van der Waals surface area contributed by atoms with Gasteiger partial charge >= 0.3 is 0 Å². The molecule has 0 saturated heterocycles. The molecule has 4 aromatic carbocycles. The number of nitrogens with zero attached hydrogens (tertiary/aromatic N) is 1. The Labute approximate surface area is 334 Å². The van der Waals surface area contributed by atoms with Gasteiger partial charge in [-0.25, -0.2) is 0 Å². The van der Waals surface area contributed by atoms with Crippen LogP contribution in [0.15, 0.2) is 175 Å². The number of anilines is 1. The molecular formula is C55H53N. The van der Waals surface area contributed by atoms with E-state index in [1.807, 2.05) is 0 Å². The van der Waals surface area contributed by atoms with Crippen LogP contribution in [-0.4, -0.2) is 12.1 Å². The highest BCUT2D eigenvalue weighted by Gasteiger charge is 2.44. The van der Waals surface area contributed by atoms with Crippen LogP contribution < -0.4 is 4.90 Å². The van der Waals surface area contributed by atoms with Crippen molar-refractivity contribution in [1.29, 1.82) is 0 Å². The van der Waals surface area contributed by atoms with Gasteiger partial charge in [0.25, 0.3) is 0 Å². The van der Waals surface area contributed by atoms with Gasteiger partial charge in [-0.05, 0) is 131 Å². The normalized spacial score (nSPS) is 29.7. The Hall–Kier alpha value is -5.14. The van der Waals surface area contributed by atoms with Gasteiger partial charge in [-0.1, -0.05) is 158 Å². The van der Waals surface area contributed by atoms with Gasteiger partial charge in [-0.2, -0.15) is 0 Å². The molecule has 0 amide bonds. The molecule has 56 heavy (non-hydrogen) atoms. The summed E-state index contributed by atoms with van der Waals surface area (Å²) in [6.07, 6.45) is 41.2. The zero-order valence-electron chi connectivity index (χ0n) is 32.5. The summed E-state index contributed by atoms with van der Waals surface area (Å²) in [5.41, 5.74) is 16.0. The second-order valence-corrected chi connectivity index (χ2v) is 17.5. The molecule has 0 aromatic heterocycles. The molecule has 7 aliphatic rings. The van der Waals surface area contributed by atoms with E-state index in [0.717, 1.165) is 25.2 Å². The predicted molar refractivity (Wildman–Crippen MR) is 235 cm³/mol. The lowest BCUT2D eigenvalue weighted by Gasteiger charge is -2.37. The van der Waals surface area contributed by atoms with Crippen LogP contribution in [0.25, 0.3) is 22.3 Å². The first kappa shape index (κ1) is 34.1. The van der Waals surface area contributed by atoms with Crippen molar-refractivity contribution in [3.8, 4) is 22.3 Å². The highest BCUT2D eigenvalue weighted by molar-refractivity contribution is 5.85. The summed E-state index contributed by atoms with van der Waals surface area (Å²) in [7, 11) is 0. The van der Waals surface area contributed by atoms with Crippen LogP contribution >= 0.6 is 0 Å². The number of rotatable bonds is 5. The minimum Gasteiger partial charge on any atom is -0.357 e. The first-order valence-electron chi connectivity index (χ1n) is 21.8. The molecule has 0 spiro atoms. The van der Waals surface area contributed by atoms with Crippen LogP contribution in [-0.2, 0) is 6.42 Å². The van der Waals surface area contributed by atoms with Crippen LogP contribution in [0.2, 0.25) is 0 Å². The van der Waals surface area contributed by atoms with E-state index in [0.29, 0.717) is 41.7 Å². The van der Waals surface area contributed by atoms with Gasteiger partial charge in [0.1, 0.15) is 0 Å². The van der Waals surface area contributed by atoms with Gasteiger partial charge in [0.2, 0.25) is 0 Å². The third kappa shape index (κ3) is 5.98. The fourth-order valence-corrected chi connectivity index (χ4v) is 11.6. The first-order chi connectivity index (χ1) is 27.8. The van der Waals surface area contributed by atoms with E-state index in [9.17, 15) is 0 Å². The van der Waals surface area contributed by atoms with Crippen LogP contribution in [0.5, 0.6) is 0 Å². The molecule has 8 atom stereocenters. The number of hydrogen-bond donors (Lipinski definition) is 0. The van der Waals surface area contributed by atoms with E-state index >= 15 is 0 Å². The Morgan fingerprint density at radius 1 is 0.607 bits per heavy atom. The lowest BCUT2D eigenvalue weighted by atomic mass is 9.72. The maximum Gasteiger partial charge on any atom is 0.0587 e. The predicted octanol–water partition coefficient (Wildman–Crippen LogP) is 13.6. The van der Waals surface area contributed by atoms with E-state index < -0.39 is 0 Å². The van der Waals surface area contributed by atoms with Crippen molar-refractivity contribution in [3.63, 3.8) is 0 Å². The number of benzene rings is 4. The second kappa shape index (κ2) is 14.4. The fourth-order valence-electron chi connectivity index (χ4n) is 11.6. The van der Waals surface area contributed by atoms with Crippen molar-refractivity contribution in [2.75, 3.05) is 4.90 Å². The zero-order chi connectivity index (χ0) is 37.0. The highest BCUT2D eigenvalue weighted by Crippen LogP contribution is 2.55. The van der Waals surface area contributed by atoms with Crippen molar-refractivity contribution in [2.24, 2.45) is 23.7 Å². The standard InChI is InChI=1S/C55H53N/c1-3-11-37(12-4-1)40-19-22-42(23-20-40)48-32-27-43-28-34-53-55(54(43)50-18-10-9-17-49(48)50)51-36-46(38-13-5-2-6-14-38)29-33-52(51)56(53)47-30-25-41(26-31-47)45-24-21-39-15-7-8-16-44(39)35-45/h1,3-5,8-13,16-26,28-30,33-34,36,38-39,44-45,47-48,51-52H,2,6-7,14-15,27,31-32,35H2. The molecular weight excluding hydrogens is 675 g/mol. The van der Waals surface area contributed by atoms with E-state index in [2.05, 4.69) is 169 Å². The van der Waals surface area contributed by atoms with Gasteiger partial charge < -0.3 is 4.90 Å². The van der Waals surface area contributed by atoms with Crippen LogP contribution in [0.3, 0.4) is 0 Å². The topological polar surface area (TPSA) is 3.24 Å². The number of hydrogen-bond acceptors (Lipinski definition) is 1. The molecule has 0 fully saturated rings. The van der Waals surface area contributed by atoms with Gasteiger partial charge in [0.15, 0.2) is 0 Å². The van der Waals surface area contributed by atoms with Crippen molar-refractivity contribution < 1.29 is 0 Å². The van der Waals surface area contributed by atoms with Crippen LogP contribution in [0.4, 0.5) is 5.69 Å². The molecule has 1 heteroatoms. The van der Waals surface area contributed by atoms with Gasteiger partial charge in [0.05, 0.1) is 12.1 Å². The molecule has 8 unspecified atom stereocenters. The second-order valence-electron chi connectivity index (χ2n) is 17.5. The van der Waals surface area contributed by atoms with Crippen molar-refractivity contribution in [1.82, 2.24) is 0 Å². The number of fused-ring (bicyclic) bond motifs is 8. The van der Waals surface area contributed by atoms with Crippen LogP contribution in [0.1, 0.15) is 85.5 Å². The summed E-state index contributed by atoms with van der Waals surface area (Å²) in [4.78, 5) is 2.81. The fraction of sp³-hybridized carbons (Fsp3) is 0.309. The summed E-state index contributed by atoms with van der Waals surface area (Å²) >= 11 is 0. The average Bonchev–Trinajstić information content (AvgIpc) is 3.51. The molecule has 0 N–H and O–H groups in total. The molecule has 0 saturated carbocycles. The summed E-state index contributed by atoms with van der Waals surface area (Å²) < 4.78 is 0. The molecule has 1 nitrogen and oxygen atoms in total. The van der Waals surface area contributed by atoms with E-state index in [4.69, 9.17) is 0 Å². The Morgan fingerprint density at radius 2 is 1.45 bits per heavy atom. The Morgan fingerprint density at radius 3 is 2.30 bits per heavy atom. The number of allylic oxidation sites excluding steroid dienone is 10. The molecule has 0 bridgehead atoms. The SMILES string of the molecule is C1=CC(C2=CC3c4c(ccc5c4-c4ccccc4C(c4ccc(-c6ccccc6)cc4)CC5)N(C4C=CC(C5C=CC6CCC=CC6C5)=CC4)C3C=C2)CCC1. The quantitative estimate of drug-likeness (QED) is 0.185. The molecule has 278 valence electrons. The highest BCUT2D eigenvalue weighted by atomic mass is 15.2. The van der Waals surface area contributed by atoms with E-state index in [1.165, 1.54) is 94.3 Å². The first-order valence-corrected chi connectivity index (χ1v) is 21.8. The van der Waals surface area contributed by atoms with Gasteiger partial charge in [-0.15, -0.1) is 0 Å². The third-order valence-electron chi connectivity index (χ3n) is 14.5. The zero-order valence-corrected chi connectivity index (χ0v) is 32.5. The third-order valence-corrected chi connectivity index (χ3v) is 14.5. The average molecular weight is 728 g/mol. The van der Waals surface area contributed by atoms with Crippen molar-refractivity contribution in [3.05, 3.63) is 197 Å². The van der Waals surface area contributed by atoms with Crippen molar-refractivity contribution in [2.45, 2.75) is 81.7 Å². The molecule has 1 aliphatic heterocycles. The Balaban J connectivity index is 0.973. The molecule has 11 rings (SSSR count). The Kier molecular flexibility index (Phi) is 8.79. The summed E-state index contributed by atoms with van der Waals surface area (Å²) in [6, 6.07) is 35.3. The summed E-state index contributed by atoms with van der Waals surface area (Å²) in [5.74, 6) is 3.20. The largest absolute Gasteiger partial charge is 0.357 e. The van der Waals surface area contributed by atoms with E-state index in [-0.39, 0.29) is 0 Å². The van der Waals surface area contributed by atoms with Crippen LogP contribution in [0, 0.1) is 23.7 Å². The molecule has 6 aliphatic carbocycles. The smallest absolute Gasteiger partial charge is 0.0587 e. The lowest BCUT2D eigenvalue weighted by Crippen LogP contribution is -2.41. The maximum atomic E-state index is 2.81. The summed E-state index contributed by atoms with van der Waals surface area (Å²) in [6.45, 7) is 0. The summed E-state index contributed by atoms with van der Waals surface area (Å²) in [5, 5.41) is 0. The monoisotopic (exact) mass is 727 g/mol. The molecule has 0 radical (unpaired) electrons. The maximum absolute atomic E-state index is 2.81. The minimum atomic E-state index is 0.317. The van der Waals surface area contributed by atoms with E-state index in [1.54, 1.807) is 5.56 Å². The molecule has 1 heterocycles. The van der Waals surface area contributed by atoms with Gasteiger partial charge in [0, 0.05) is 29.4 Å². The molecule has 4 aromatic rings. The minimum absolute atomic E-state index is 0.317. The Bertz CT molecular complexity index is 2340.